The first-order chi connectivity index (χ1) is 10.7. The molecule has 1 saturated heterocycles. The Kier molecular flexibility index (Phi) is 6.43. The molecule has 0 aliphatic carbocycles. The number of nitrogens with one attached hydrogen (secondary N) is 2. The molecule has 1 aliphatic heterocycles. The zero-order valence-electron chi connectivity index (χ0n) is 13.7. The standard InChI is InChI=1S/C16H27N5O/c1-3-7-16(22)18-9-8-17-14-12-15(20-13(2)19-14)21-10-5-4-6-11-21/h12H,3-11H2,1-2H3,(H,18,22)(H,17,19,20). The van der Waals surface area contributed by atoms with Crippen LogP contribution in [0.1, 0.15) is 44.9 Å². The van der Waals surface area contributed by atoms with Gasteiger partial charge in [-0.3, -0.25) is 4.79 Å². The molecular weight excluding hydrogens is 278 g/mol. The van der Waals surface area contributed by atoms with Gasteiger partial charge in [-0.2, -0.15) is 0 Å². The van der Waals surface area contributed by atoms with E-state index < -0.39 is 0 Å². The molecule has 22 heavy (non-hydrogen) atoms. The Morgan fingerprint density at radius 2 is 2.00 bits per heavy atom. The van der Waals surface area contributed by atoms with E-state index in [1.165, 1.54) is 19.3 Å². The first-order valence-electron chi connectivity index (χ1n) is 8.30. The van der Waals surface area contributed by atoms with Gasteiger partial charge in [0.05, 0.1) is 0 Å². The van der Waals surface area contributed by atoms with Crippen molar-refractivity contribution >= 4 is 17.5 Å². The summed E-state index contributed by atoms with van der Waals surface area (Å²) in [7, 11) is 0. The van der Waals surface area contributed by atoms with Gasteiger partial charge in [0.2, 0.25) is 5.91 Å². The lowest BCUT2D eigenvalue weighted by Gasteiger charge is -2.28. The number of hydrogen-bond donors (Lipinski definition) is 2. The van der Waals surface area contributed by atoms with Crippen LogP contribution < -0.4 is 15.5 Å². The zero-order chi connectivity index (χ0) is 15.8. The van der Waals surface area contributed by atoms with E-state index in [-0.39, 0.29) is 5.91 Å². The van der Waals surface area contributed by atoms with Crippen LogP contribution in [0.4, 0.5) is 11.6 Å². The summed E-state index contributed by atoms with van der Waals surface area (Å²) in [5.41, 5.74) is 0. The average molecular weight is 305 g/mol. The third-order valence-corrected chi connectivity index (χ3v) is 3.73. The van der Waals surface area contributed by atoms with Crippen molar-refractivity contribution in [3.63, 3.8) is 0 Å². The number of aromatic nitrogens is 2. The van der Waals surface area contributed by atoms with Gasteiger partial charge < -0.3 is 15.5 Å². The number of nitrogens with zero attached hydrogens (tertiary/aromatic N) is 3. The minimum Gasteiger partial charge on any atom is -0.368 e. The quantitative estimate of drug-likeness (QED) is 0.755. The highest BCUT2D eigenvalue weighted by molar-refractivity contribution is 5.75. The number of rotatable bonds is 7. The lowest BCUT2D eigenvalue weighted by Crippen LogP contribution is -2.31. The van der Waals surface area contributed by atoms with Gasteiger partial charge >= 0.3 is 0 Å². The second kappa shape index (κ2) is 8.56. The molecule has 0 aromatic carbocycles. The summed E-state index contributed by atoms with van der Waals surface area (Å²) in [6.07, 6.45) is 5.24. The second-order valence-corrected chi connectivity index (χ2v) is 5.73. The van der Waals surface area contributed by atoms with Crippen LogP contribution >= 0.6 is 0 Å². The predicted octanol–water partition coefficient (Wildman–Crippen LogP) is 2.10. The van der Waals surface area contributed by atoms with Crippen molar-refractivity contribution < 1.29 is 4.79 Å². The number of carbonyl (C=O) groups is 1. The van der Waals surface area contributed by atoms with Gasteiger partial charge in [-0.05, 0) is 32.6 Å². The van der Waals surface area contributed by atoms with Gasteiger partial charge in [0.1, 0.15) is 17.5 Å². The van der Waals surface area contributed by atoms with Crippen molar-refractivity contribution in [1.82, 2.24) is 15.3 Å². The lowest BCUT2D eigenvalue weighted by molar-refractivity contribution is -0.121. The Morgan fingerprint density at radius 1 is 1.23 bits per heavy atom. The fraction of sp³-hybridized carbons (Fsp3) is 0.688. The number of aryl methyl sites for hydroxylation is 1. The molecule has 6 nitrogen and oxygen atoms in total. The van der Waals surface area contributed by atoms with E-state index in [0.29, 0.717) is 19.5 Å². The summed E-state index contributed by atoms with van der Waals surface area (Å²) in [5, 5.41) is 6.16. The maximum absolute atomic E-state index is 11.4. The van der Waals surface area contributed by atoms with Gasteiger partial charge in [-0.15, -0.1) is 0 Å². The molecule has 0 bridgehead atoms. The van der Waals surface area contributed by atoms with Crippen LogP contribution in [0.5, 0.6) is 0 Å². The number of anilines is 2. The molecule has 0 radical (unpaired) electrons. The summed E-state index contributed by atoms with van der Waals surface area (Å²) in [6.45, 7) is 7.35. The van der Waals surface area contributed by atoms with Gasteiger partial charge in [-0.25, -0.2) is 9.97 Å². The predicted molar refractivity (Wildman–Crippen MR) is 89.2 cm³/mol. The van der Waals surface area contributed by atoms with E-state index in [1.54, 1.807) is 0 Å². The molecule has 1 amide bonds. The van der Waals surface area contributed by atoms with E-state index in [2.05, 4.69) is 25.5 Å². The fourth-order valence-electron chi connectivity index (χ4n) is 2.64. The van der Waals surface area contributed by atoms with Crippen LogP contribution in [0.3, 0.4) is 0 Å². The third-order valence-electron chi connectivity index (χ3n) is 3.73. The first kappa shape index (κ1) is 16.5. The average Bonchev–Trinajstić information content (AvgIpc) is 2.52. The Morgan fingerprint density at radius 3 is 2.73 bits per heavy atom. The number of hydrogen-bond acceptors (Lipinski definition) is 5. The number of amides is 1. The highest BCUT2D eigenvalue weighted by atomic mass is 16.1. The largest absolute Gasteiger partial charge is 0.368 e. The SMILES string of the molecule is CCCC(=O)NCCNc1cc(N2CCCCC2)nc(C)n1. The molecule has 1 aromatic heterocycles. The van der Waals surface area contributed by atoms with Crippen LogP contribution in [0.25, 0.3) is 0 Å². The molecule has 0 unspecified atom stereocenters. The molecule has 2 rings (SSSR count). The maximum Gasteiger partial charge on any atom is 0.220 e. The lowest BCUT2D eigenvalue weighted by atomic mass is 10.1. The van der Waals surface area contributed by atoms with E-state index in [0.717, 1.165) is 37.0 Å². The number of carbonyl (C=O) groups excluding carboxylic acids is 1. The van der Waals surface area contributed by atoms with E-state index in [4.69, 9.17) is 0 Å². The van der Waals surface area contributed by atoms with Crippen molar-refractivity contribution in [2.75, 3.05) is 36.4 Å². The normalized spacial score (nSPS) is 14.7. The van der Waals surface area contributed by atoms with E-state index in [9.17, 15) is 4.79 Å². The Labute approximate surface area is 132 Å². The van der Waals surface area contributed by atoms with Crippen molar-refractivity contribution in [1.29, 1.82) is 0 Å². The zero-order valence-corrected chi connectivity index (χ0v) is 13.7. The summed E-state index contributed by atoms with van der Waals surface area (Å²) in [4.78, 5) is 22.7. The molecule has 2 N–H and O–H groups in total. The van der Waals surface area contributed by atoms with Gasteiger partial charge in [0, 0.05) is 38.7 Å². The molecule has 0 atom stereocenters. The molecule has 1 aliphatic rings. The minimum absolute atomic E-state index is 0.108. The van der Waals surface area contributed by atoms with Crippen LogP contribution in [0.15, 0.2) is 6.07 Å². The summed E-state index contributed by atoms with van der Waals surface area (Å²) in [6, 6.07) is 2.01. The smallest absolute Gasteiger partial charge is 0.220 e. The van der Waals surface area contributed by atoms with Crippen molar-refractivity contribution in [2.24, 2.45) is 0 Å². The molecule has 1 fully saturated rings. The van der Waals surface area contributed by atoms with Crippen molar-refractivity contribution in [2.45, 2.75) is 46.0 Å². The molecule has 0 saturated carbocycles. The van der Waals surface area contributed by atoms with Crippen molar-refractivity contribution in [3.05, 3.63) is 11.9 Å². The molecule has 6 heteroatoms. The van der Waals surface area contributed by atoms with Gasteiger partial charge in [-0.1, -0.05) is 6.92 Å². The molecule has 2 heterocycles. The Bertz CT molecular complexity index is 485. The van der Waals surface area contributed by atoms with Crippen molar-refractivity contribution in [3.8, 4) is 0 Å². The van der Waals surface area contributed by atoms with E-state index >= 15 is 0 Å². The van der Waals surface area contributed by atoms with Gasteiger partial charge in [0.25, 0.3) is 0 Å². The topological polar surface area (TPSA) is 70.2 Å². The fourth-order valence-corrected chi connectivity index (χ4v) is 2.64. The van der Waals surface area contributed by atoms with Crippen LogP contribution in [0, 0.1) is 6.92 Å². The summed E-state index contributed by atoms with van der Waals surface area (Å²) >= 11 is 0. The monoisotopic (exact) mass is 305 g/mol. The molecule has 1 aromatic rings. The Balaban J connectivity index is 1.85. The van der Waals surface area contributed by atoms with Crippen LogP contribution in [0.2, 0.25) is 0 Å². The van der Waals surface area contributed by atoms with Crippen LogP contribution in [-0.2, 0) is 4.79 Å². The Hall–Kier alpha value is -1.85. The van der Waals surface area contributed by atoms with E-state index in [1.807, 2.05) is 19.9 Å². The first-order valence-corrected chi connectivity index (χ1v) is 8.30. The molecular formula is C16H27N5O. The highest BCUT2D eigenvalue weighted by Gasteiger charge is 2.13. The summed E-state index contributed by atoms with van der Waals surface area (Å²) < 4.78 is 0. The summed E-state index contributed by atoms with van der Waals surface area (Å²) in [5.74, 6) is 2.72. The number of piperidine rings is 1. The van der Waals surface area contributed by atoms with Crippen LogP contribution in [-0.4, -0.2) is 42.1 Å². The highest BCUT2D eigenvalue weighted by Crippen LogP contribution is 2.20. The minimum atomic E-state index is 0.108. The van der Waals surface area contributed by atoms with Gasteiger partial charge in [0.15, 0.2) is 0 Å². The molecule has 0 spiro atoms. The maximum atomic E-state index is 11.4. The third kappa shape index (κ3) is 5.16. The second-order valence-electron chi connectivity index (χ2n) is 5.73. The molecule has 122 valence electrons.